The van der Waals surface area contributed by atoms with E-state index in [0.717, 1.165) is 19.0 Å². The number of nitriles is 1. The van der Waals surface area contributed by atoms with Crippen molar-refractivity contribution in [1.29, 1.82) is 5.26 Å². The van der Waals surface area contributed by atoms with E-state index in [0.29, 0.717) is 16.9 Å². The van der Waals surface area contributed by atoms with E-state index in [1.807, 2.05) is 13.0 Å². The second kappa shape index (κ2) is 7.18. The highest BCUT2D eigenvalue weighted by atomic mass is 19.1. The molecule has 0 aliphatic carbocycles. The van der Waals surface area contributed by atoms with Crippen LogP contribution in [0.1, 0.15) is 29.3 Å². The third kappa shape index (κ3) is 3.79. The number of carbonyl (C=O) groups is 1. The summed E-state index contributed by atoms with van der Waals surface area (Å²) in [6.07, 6.45) is 2.15. The maximum Gasteiger partial charge on any atom is 0.255 e. The van der Waals surface area contributed by atoms with Crippen molar-refractivity contribution in [3.05, 3.63) is 53.6 Å². The molecular weight excluding hydrogens is 283 g/mol. The minimum absolute atomic E-state index is 0.163. The molecule has 0 bridgehead atoms. The molecule has 2 N–H and O–H groups in total. The first-order valence-corrected chi connectivity index (χ1v) is 6.85. The lowest BCUT2D eigenvalue weighted by Crippen LogP contribution is -2.14. The average molecular weight is 298 g/mol. The number of anilines is 2. The normalized spacial score (nSPS) is 9.86. The Hall–Kier alpha value is -2.94. The van der Waals surface area contributed by atoms with Gasteiger partial charge >= 0.3 is 0 Å². The molecule has 2 rings (SSSR count). The molecule has 1 heterocycles. The predicted octanol–water partition coefficient (Wildman–Crippen LogP) is 3.17. The Labute approximate surface area is 127 Å². The molecule has 6 heteroatoms. The number of halogens is 1. The van der Waals surface area contributed by atoms with Crippen LogP contribution >= 0.6 is 0 Å². The number of pyridine rings is 1. The molecule has 0 unspecified atom stereocenters. The fraction of sp³-hybridized carbons (Fsp3) is 0.188. The molecule has 0 saturated heterocycles. The molecule has 1 aromatic carbocycles. The van der Waals surface area contributed by atoms with Crippen LogP contribution in [0.3, 0.4) is 0 Å². The molecular formula is C16H15FN4O. The fourth-order valence-corrected chi connectivity index (χ4v) is 1.87. The van der Waals surface area contributed by atoms with Crippen LogP contribution in [0.2, 0.25) is 0 Å². The molecule has 0 fully saturated rings. The summed E-state index contributed by atoms with van der Waals surface area (Å²) in [6, 6.07) is 9.48. The van der Waals surface area contributed by atoms with E-state index >= 15 is 0 Å². The van der Waals surface area contributed by atoms with Gasteiger partial charge in [0.25, 0.3) is 5.91 Å². The van der Waals surface area contributed by atoms with Gasteiger partial charge in [0.2, 0.25) is 5.95 Å². The minimum atomic E-state index is -0.720. The van der Waals surface area contributed by atoms with Crippen LogP contribution in [0.15, 0.2) is 36.5 Å². The number of nitrogens with zero attached hydrogens (tertiary/aromatic N) is 2. The minimum Gasteiger partial charge on any atom is -0.383 e. The smallest absolute Gasteiger partial charge is 0.255 e. The summed E-state index contributed by atoms with van der Waals surface area (Å²) in [7, 11) is 0. The van der Waals surface area contributed by atoms with E-state index < -0.39 is 11.9 Å². The van der Waals surface area contributed by atoms with E-state index in [1.165, 1.54) is 12.3 Å². The summed E-state index contributed by atoms with van der Waals surface area (Å²) < 4.78 is 13.1. The predicted molar refractivity (Wildman–Crippen MR) is 82.1 cm³/mol. The lowest BCUT2D eigenvalue weighted by molar-refractivity contribution is 0.102. The van der Waals surface area contributed by atoms with Crippen molar-refractivity contribution in [2.24, 2.45) is 0 Å². The van der Waals surface area contributed by atoms with Crippen molar-refractivity contribution < 1.29 is 9.18 Å². The van der Waals surface area contributed by atoms with Crippen molar-refractivity contribution in [2.45, 2.75) is 13.3 Å². The number of aromatic nitrogens is 1. The van der Waals surface area contributed by atoms with Gasteiger partial charge in [0.1, 0.15) is 0 Å². The summed E-state index contributed by atoms with van der Waals surface area (Å²) in [5, 5.41) is 14.8. The molecule has 0 spiro atoms. The van der Waals surface area contributed by atoms with Gasteiger partial charge in [-0.25, -0.2) is 4.98 Å². The van der Waals surface area contributed by atoms with Crippen molar-refractivity contribution in [2.75, 3.05) is 17.2 Å². The highest BCUT2D eigenvalue weighted by molar-refractivity contribution is 6.05. The van der Waals surface area contributed by atoms with E-state index in [-0.39, 0.29) is 5.56 Å². The zero-order valence-corrected chi connectivity index (χ0v) is 12.1. The van der Waals surface area contributed by atoms with Gasteiger partial charge in [-0.05, 0) is 30.7 Å². The Kier molecular flexibility index (Phi) is 5.04. The average Bonchev–Trinajstić information content (AvgIpc) is 2.53. The number of carbonyl (C=O) groups excluding carboxylic acids is 1. The largest absolute Gasteiger partial charge is 0.383 e. The molecule has 0 aliphatic rings. The Balaban J connectivity index is 2.26. The van der Waals surface area contributed by atoms with Crippen molar-refractivity contribution >= 4 is 17.3 Å². The standard InChI is InChI=1S/C16H15FN4O/c1-2-6-19-13-4-3-11(10-18)8-14(13)21-16(22)12-5-7-20-15(17)9-12/h3-5,7-9,19H,2,6H2,1H3,(H,21,22). The number of benzene rings is 1. The van der Waals surface area contributed by atoms with E-state index in [4.69, 9.17) is 5.26 Å². The monoisotopic (exact) mass is 298 g/mol. The second-order valence-corrected chi connectivity index (χ2v) is 4.62. The molecule has 0 saturated carbocycles. The van der Waals surface area contributed by atoms with Crippen molar-refractivity contribution in [3.63, 3.8) is 0 Å². The maximum atomic E-state index is 13.1. The van der Waals surface area contributed by atoms with Crippen LogP contribution in [-0.4, -0.2) is 17.4 Å². The van der Waals surface area contributed by atoms with Crippen LogP contribution < -0.4 is 10.6 Å². The van der Waals surface area contributed by atoms with Gasteiger partial charge in [0.05, 0.1) is 23.0 Å². The van der Waals surface area contributed by atoms with Crippen LogP contribution in [0.25, 0.3) is 0 Å². The Morgan fingerprint density at radius 3 is 2.82 bits per heavy atom. The molecule has 0 aliphatic heterocycles. The zero-order valence-electron chi connectivity index (χ0n) is 12.1. The van der Waals surface area contributed by atoms with Gasteiger partial charge in [-0.2, -0.15) is 9.65 Å². The molecule has 1 amide bonds. The van der Waals surface area contributed by atoms with Crippen molar-refractivity contribution in [3.8, 4) is 6.07 Å². The fourth-order valence-electron chi connectivity index (χ4n) is 1.87. The van der Waals surface area contributed by atoms with Crippen LogP contribution in [-0.2, 0) is 0 Å². The quantitative estimate of drug-likeness (QED) is 0.831. The summed E-state index contributed by atoms with van der Waals surface area (Å²) in [5.41, 5.74) is 1.79. The molecule has 1 aromatic heterocycles. The van der Waals surface area contributed by atoms with Gasteiger partial charge in [-0.1, -0.05) is 6.92 Å². The molecule has 5 nitrogen and oxygen atoms in total. The highest BCUT2D eigenvalue weighted by Gasteiger charge is 2.11. The Morgan fingerprint density at radius 2 is 2.14 bits per heavy atom. The third-order valence-corrected chi connectivity index (χ3v) is 2.95. The SMILES string of the molecule is CCCNc1ccc(C#N)cc1NC(=O)c1ccnc(F)c1. The topological polar surface area (TPSA) is 77.8 Å². The van der Waals surface area contributed by atoms with Gasteiger partial charge in [-0.15, -0.1) is 0 Å². The molecule has 0 atom stereocenters. The van der Waals surface area contributed by atoms with Gasteiger partial charge in [-0.3, -0.25) is 4.79 Å². The number of hydrogen-bond donors (Lipinski definition) is 2. The Morgan fingerprint density at radius 1 is 1.32 bits per heavy atom. The molecule has 22 heavy (non-hydrogen) atoms. The molecule has 112 valence electrons. The van der Waals surface area contributed by atoms with Crippen LogP contribution in [0.4, 0.5) is 15.8 Å². The van der Waals surface area contributed by atoms with Gasteiger partial charge in [0, 0.05) is 24.4 Å². The van der Waals surface area contributed by atoms with Gasteiger partial charge < -0.3 is 10.6 Å². The van der Waals surface area contributed by atoms with E-state index in [9.17, 15) is 9.18 Å². The molecule has 2 aromatic rings. The maximum absolute atomic E-state index is 13.1. The summed E-state index contributed by atoms with van der Waals surface area (Å²) in [4.78, 5) is 15.6. The first-order valence-electron chi connectivity index (χ1n) is 6.85. The first-order chi connectivity index (χ1) is 10.6. The highest BCUT2D eigenvalue weighted by Crippen LogP contribution is 2.24. The zero-order chi connectivity index (χ0) is 15.9. The summed E-state index contributed by atoms with van der Waals surface area (Å²) in [6.45, 7) is 2.76. The number of amides is 1. The first kappa shape index (κ1) is 15.4. The number of nitrogens with one attached hydrogen (secondary N) is 2. The summed E-state index contributed by atoms with van der Waals surface area (Å²) in [5.74, 6) is -1.18. The lowest BCUT2D eigenvalue weighted by Gasteiger charge is -2.13. The number of hydrogen-bond acceptors (Lipinski definition) is 4. The molecule has 0 radical (unpaired) electrons. The Bertz CT molecular complexity index is 724. The number of rotatable bonds is 5. The van der Waals surface area contributed by atoms with E-state index in [2.05, 4.69) is 15.6 Å². The van der Waals surface area contributed by atoms with Gasteiger partial charge in [0.15, 0.2) is 0 Å². The van der Waals surface area contributed by atoms with Crippen LogP contribution in [0, 0.1) is 17.3 Å². The summed E-state index contributed by atoms with van der Waals surface area (Å²) >= 11 is 0. The lowest BCUT2D eigenvalue weighted by atomic mass is 10.1. The third-order valence-electron chi connectivity index (χ3n) is 2.95. The van der Waals surface area contributed by atoms with Crippen LogP contribution in [0.5, 0.6) is 0 Å². The second-order valence-electron chi connectivity index (χ2n) is 4.62. The van der Waals surface area contributed by atoms with E-state index in [1.54, 1.807) is 18.2 Å². The van der Waals surface area contributed by atoms with Crippen molar-refractivity contribution in [1.82, 2.24) is 4.98 Å².